The van der Waals surface area contributed by atoms with E-state index in [1.54, 1.807) is 25.3 Å². The minimum absolute atomic E-state index is 0.0675. The van der Waals surface area contributed by atoms with E-state index < -0.39 is 36.2 Å². The van der Waals surface area contributed by atoms with Gasteiger partial charge in [-0.15, -0.1) is 0 Å². The molecule has 0 amide bonds. The molecule has 222 valence electrons. The lowest BCUT2D eigenvalue weighted by molar-refractivity contribution is -0.152. The third-order valence-corrected chi connectivity index (χ3v) is 7.08. The maximum atomic E-state index is 13.6. The second-order valence-electron chi connectivity index (χ2n) is 10.7. The van der Waals surface area contributed by atoms with E-state index in [4.69, 9.17) is 33.2 Å². The minimum Gasteiger partial charge on any atom is -0.497 e. The molecule has 4 rings (SSSR count). The van der Waals surface area contributed by atoms with Gasteiger partial charge in [-0.25, -0.2) is 4.79 Å². The molecule has 2 unspecified atom stereocenters. The molecule has 1 saturated heterocycles. The second kappa shape index (κ2) is 13.5. The third kappa shape index (κ3) is 7.89. The van der Waals surface area contributed by atoms with Crippen LogP contribution in [0.15, 0.2) is 54.6 Å². The Bertz CT molecular complexity index is 1230. The highest BCUT2D eigenvalue weighted by atomic mass is 16.8. The van der Waals surface area contributed by atoms with Crippen LogP contribution < -0.4 is 14.2 Å². The van der Waals surface area contributed by atoms with Crippen molar-refractivity contribution in [3.8, 4) is 17.2 Å². The van der Waals surface area contributed by atoms with Crippen LogP contribution in [0.25, 0.3) is 6.08 Å². The summed E-state index contributed by atoms with van der Waals surface area (Å²) in [6.45, 7) is 7.61. The van der Waals surface area contributed by atoms with Gasteiger partial charge < -0.3 is 38.3 Å². The zero-order valence-corrected chi connectivity index (χ0v) is 24.5. The van der Waals surface area contributed by atoms with Crippen molar-refractivity contribution in [3.63, 3.8) is 0 Å². The van der Waals surface area contributed by atoms with E-state index in [0.29, 0.717) is 24.3 Å². The summed E-state index contributed by atoms with van der Waals surface area (Å²) in [5.74, 6) is -0.0229. The van der Waals surface area contributed by atoms with Crippen LogP contribution in [0.4, 0.5) is 0 Å². The summed E-state index contributed by atoms with van der Waals surface area (Å²) in [6.07, 6.45) is 5.31. The van der Waals surface area contributed by atoms with Crippen molar-refractivity contribution in [1.29, 1.82) is 0 Å². The van der Waals surface area contributed by atoms with Gasteiger partial charge in [-0.1, -0.05) is 43.4 Å². The number of rotatable bonds is 7. The number of aliphatic hydroxyl groups is 1. The molecule has 9 nitrogen and oxygen atoms in total. The predicted molar refractivity (Wildman–Crippen MR) is 153 cm³/mol. The van der Waals surface area contributed by atoms with E-state index in [0.717, 1.165) is 11.3 Å². The van der Waals surface area contributed by atoms with Gasteiger partial charge in [0.25, 0.3) is 0 Å². The molecular weight excluding hydrogens is 528 g/mol. The van der Waals surface area contributed by atoms with Crippen molar-refractivity contribution in [2.24, 2.45) is 5.92 Å². The summed E-state index contributed by atoms with van der Waals surface area (Å²) >= 11 is 0. The van der Waals surface area contributed by atoms with Gasteiger partial charge in [0, 0.05) is 19.1 Å². The Morgan fingerprint density at radius 2 is 1.76 bits per heavy atom. The van der Waals surface area contributed by atoms with Gasteiger partial charge in [-0.3, -0.25) is 0 Å². The van der Waals surface area contributed by atoms with Crippen LogP contribution in [0.5, 0.6) is 17.2 Å². The van der Waals surface area contributed by atoms with Crippen LogP contribution >= 0.6 is 0 Å². The fourth-order valence-electron chi connectivity index (χ4n) is 4.72. The highest BCUT2D eigenvalue weighted by molar-refractivity contribution is 5.97. The number of hydrogen-bond acceptors (Lipinski definition) is 9. The lowest BCUT2D eigenvalue weighted by Crippen LogP contribution is -2.34. The zero-order chi connectivity index (χ0) is 29.6. The predicted octanol–water partition coefficient (Wildman–Crippen LogP) is 5.29. The Morgan fingerprint density at radius 1 is 1.00 bits per heavy atom. The first-order valence-electron chi connectivity index (χ1n) is 13.7. The van der Waals surface area contributed by atoms with Crippen molar-refractivity contribution >= 4 is 12.0 Å². The van der Waals surface area contributed by atoms with Gasteiger partial charge >= 0.3 is 5.97 Å². The molecule has 0 radical (unpaired) electrons. The van der Waals surface area contributed by atoms with E-state index in [9.17, 15) is 9.90 Å². The standard InChI is InChI=1S/C32H40O9/c1-20-10-15-26(33)30-27(40-32(3,4)41-30)9-7-8-23-16-25(37-18-22-11-13-24(36-6)14-12-22)17-28(38-19-35-5)29(23)31(34)39-21(20)2/h7-8,10-17,20-21,26-27,30,33H,9,18-19H2,1-6H3/b8-7?,15-10-/t20-,21+,26?,27+,30?/m1/s1. The molecule has 5 atom stereocenters. The van der Waals surface area contributed by atoms with E-state index in [1.165, 1.54) is 7.11 Å². The SMILES string of the molecule is COCOc1cc(OCc2ccc(OC)cc2)cc2c1C(=O)O[C@@H](C)[C@H](C)/C=C\C(O)C1OC(C)(C)O[C@H]1CC=C2. The summed E-state index contributed by atoms with van der Waals surface area (Å²) in [4.78, 5) is 13.6. The number of methoxy groups -OCH3 is 2. The van der Waals surface area contributed by atoms with Crippen molar-refractivity contribution in [3.05, 3.63) is 71.3 Å². The van der Waals surface area contributed by atoms with Crippen LogP contribution in [0.3, 0.4) is 0 Å². The Hall–Kier alpha value is -3.37. The monoisotopic (exact) mass is 568 g/mol. The quantitative estimate of drug-likeness (QED) is 0.271. The molecule has 2 aromatic rings. The van der Waals surface area contributed by atoms with Gasteiger partial charge in [0.05, 0.1) is 13.2 Å². The average molecular weight is 569 g/mol. The highest BCUT2D eigenvalue weighted by Gasteiger charge is 2.43. The molecular formula is C32H40O9. The molecule has 0 aliphatic carbocycles. The number of esters is 1. The molecule has 2 aromatic carbocycles. The summed E-state index contributed by atoms with van der Waals surface area (Å²) in [5.41, 5.74) is 1.76. The van der Waals surface area contributed by atoms with Crippen LogP contribution in [0, 0.1) is 5.92 Å². The highest BCUT2D eigenvalue weighted by Crippen LogP contribution is 2.35. The van der Waals surface area contributed by atoms with Crippen molar-refractivity contribution in [2.45, 2.75) is 70.9 Å². The Balaban J connectivity index is 1.71. The van der Waals surface area contributed by atoms with Crippen LogP contribution in [-0.4, -0.2) is 62.3 Å². The molecule has 0 saturated carbocycles. The largest absolute Gasteiger partial charge is 0.497 e. The fraction of sp³-hybridized carbons (Fsp3) is 0.469. The van der Waals surface area contributed by atoms with Crippen molar-refractivity contribution < 1.29 is 43.1 Å². The summed E-state index contributed by atoms with van der Waals surface area (Å²) < 4.78 is 40.3. The number of benzene rings is 2. The molecule has 0 spiro atoms. The molecule has 2 heterocycles. The first-order valence-corrected chi connectivity index (χ1v) is 13.7. The van der Waals surface area contributed by atoms with Crippen LogP contribution in [-0.2, 0) is 25.6 Å². The van der Waals surface area contributed by atoms with Gasteiger partial charge in [-0.2, -0.15) is 0 Å². The lowest BCUT2D eigenvalue weighted by Gasteiger charge is -2.23. The number of carbonyl (C=O) groups is 1. The van der Waals surface area contributed by atoms with E-state index in [1.807, 2.05) is 70.2 Å². The normalized spacial score (nSPS) is 26.7. The zero-order valence-electron chi connectivity index (χ0n) is 24.5. The van der Waals surface area contributed by atoms with Crippen LogP contribution in [0.2, 0.25) is 0 Å². The number of ether oxygens (including phenoxy) is 7. The molecule has 2 aliphatic rings. The third-order valence-electron chi connectivity index (χ3n) is 7.08. The van der Waals surface area contributed by atoms with Gasteiger partial charge in [-0.05, 0) is 56.5 Å². The van der Waals surface area contributed by atoms with E-state index >= 15 is 0 Å². The minimum atomic E-state index is -0.886. The lowest BCUT2D eigenvalue weighted by atomic mass is 9.99. The van der Waals surface area contributed by atoms with E-state index in [-0.39, 0.29) is 24.0 Å². The molecule has 0 bridgehead atoms. The van der Waals surface area contributed by atoms with E-state index in [2.05, 4.69) is 0 Å². The number of fused-ring (bicyclic) bond motifs is 2. The average Bonchev–Trinajstić information content (AvgIpc) is 3.27. The Kier molecular flexibility index (Phi) is 10.1. The molecule has 9 heteroatoms. The molecule has 0 aromatic heterocycles. The Labute approximate surface area is 241 Å². The number of cyclic esters (lactones) is 1. The van der Waals surface area contributed by atoms with Gasteiger partial charge in [0.15, 0.2) is 12.6 Å². The van der Waals surface area contributed by atoms with Gasteiger partial charge in [0.2, 0.25) is 0 Å². The summed E-state index contributed by atoms with van der Waals surface area (Å²) in [6, 6.07) is 11.0. The smallest absolute Gasteiger partial charge is 0.342 e. The number of hydrogen-bond donors (Lipinski definition) is 1. The van der Waals surface area contributed by atoms with Crippen molar-refractivity contribution in [1.82, 2.24) is 0 Å². The molecule has 2 aliphatic heterocycles. The van der Waals surface area contributed by atoms with Crippen molar-refractivity contribution in [2.75, 3.05) is 21.0 Å². The Morgan fingerprint density at radius 3 is 2.46 bits per heavy atom. The van der Waals surface area contributed by atoms with Crippen LogP contribution in [0.1, 0.15) is 55.6 Å². The fourth-order valence-corrected chi connectivity index (χ4v) is 4.72. The maximum Gasteiger partial charge on any atom is 0.342 e. The van der Waals surface area contributed by atoms with Gasteiger partial charge in [0.1, 0.15) is 47.7 Å². The topological polar surface area (TPSA) is 102 Å². The summed E-state index contributed by atoms with van der Waals surface area (Å²) in [5, 5.41) is 10.9. The first kappa shape index (κ1) is 30.6. The number of aliphatic hydroxyl groups excluding tert-OH is 1. The summed E-state index contributed by atoms with van der Waals surface area (Å²) in [7, 11) is 3.13. The first-order chi connectivity index (χ1) is 19.6. The second-order valence-corrected chi connectivity index (χ2v) is 10.7. The molecule has 1 N–H and O–H groups in total. The maximum absolute atomic E-state index is 13.6. The molecule has 1 fully saturated rings. The molecule has 41 heavy (non-hydrogen) atoms. The number of carbonyl (C=O) groups excluding carboxylic acids is 1.